The van der Waals surface area contributed by atoms with E-state index in [0.29, 0.717) is 13.0 Å². The molecule has 2 atom stereocenters. The van der Waals surface area contributed by atoms with Crippen LogP contribution in [0.4, 0.5) is 0 Å². The Morgan fingerprint density at radius 3 is 2.83 bits per heavy atom. The molecule has 1 fully saturated rings. The second-order valence-corrected chi connectivity index (χ2v) is 4.74. The summed E-state index contributed by atoms with van der Waals surface area (Å²) in [6.07, 6.45) is 0.631. The van der Waals surface area contributed by atoms with Gasteiger partial charge in [0.2, 0.25) is 0 Å². The molecule has 0 aliphatic carbocycles. The summed E-state index contributed by atoms with van der Waals surface area (Å²) in [5, 5.41) is 3.08. The van der Waals surface area contributed by atoms with Crippen LogP contribution >= 0.6 is 28.3 Å². The molecule has 4 nitrogen and oxygen atoms in total. The molecule has 1 aromatic carbocycles. The van der Waals surface area contributed by atoms with E-state index in [1.54, 1.807) is 0 Å². The second-order valence-electron chi connectivity index (χ2n) is 3.89. The number of rotatable bonds is 3. The zero-order valence-electron chi connectivity index (χ0n) is 9.89. The van der Waals surface area contributed by atoms with E-state index in [-0.39, 0.29) is 30.5 Å². The van der Waals surface area contributed by atoms with E-state index >= 15 is 0 Å². The largest absolute Gasteiger partial charge is 0.488 e. The Morgan fingerprint density at radius 2 is 2.17 bits per heavy atom. The van der Waals surface area contributed by atoms with Crippen molar-refractivity contribution in [2.75, 3.05) is 13.7 Å². The first-order chi connectivity index (χ1) is 8.20. The third-order valence-electron chi connectivity index (χ3n) is 2.71. The van der Waals surface area contributed by atoms with E-state index in [9.17, 15) is 4.79 Å². The number of methoxy groups -OCH3 is 1. The van der Waals surface area contributed by atoms with Gasteiger partial charge in [0.1, 0.15) is 17.9 Å². The molecular formula is C12H15BrClNO3. The Kier molecular flexibility index (Phi) is 5.91. The molecule has 2 rings (SSSR count). The molecule has 6 heteroatoms. The third-order valence-corrected chi connectivity index (χ3v) is 3.36. The van der Waals surface area contributed by atoms with E-state index in [4.69, 9.17) is 9.47 Å². The number of ether oxygens (including phenoxy) is 2. The van der Waals surface area contributed by atoms with Gasteiger partial charge in [0.15, 0.2) is 0 Å². The Morgan fingerprint density at radius 1 is 1.44 bits per heavy atom. The van der Waals surface area contributed by atoms with E-state index in [1.165, 1.54) is 7.11 Å². The van der Waals surface area contributed by atoms with E-state index < -0.39 is 0 Å². The molecule has 1 aliphatic rings. The van der Waals surface area contributed by atoms with Crippen molar-refractivity contribution < 1.29 is 14.3 Å². The summed E-state index contributed by atoms with van der Waals surface area (Å²) < 4.78 is 11.4. The van der Waals surface area contributed by atoms with Crippen molar-refractivity contribution in [2.24, 2.45) is 0 Å². The molecule has 100 valence electrons. The third kappa shape index (κ3) is 3.60. The number of hydrogen-bond donors (Lipinski definition) is 1. The van der Waals surface area contributed by atoms with Crippen LogP contribution in [0.25, 0.3) is 0 Å². The lowest BCUT2D eigenvalue weighted by molar-refractivity contribution is -0.142. The van der Waals surface area contributed by atoms with Crippen LogP contribution in [0.2, 0.25) is 0 Å². The first-order valence-corrected chi connectivity index (χ1v) is 6.22. The van der Waals surface area contributed by atoms with Gasteiger partial charge in [-0.1, -0.05) is 12.1 Å². The summed E-state index contributed by atoms with van der Waals surface area (Å²) in [6, 6.07) is 7.42. The first-order valence-electron chi connectivity index (χ1n) is 5.43. The lowest BCUT2D eigenvalue weighted by Gasteiger charge is -2.13. The Bertz CT molecular complexity index is 416. The van der Waals surface area contributed by atoms with Gasteiger partial charge in [-0.05, 0) is 28.1 Å². The normalized spacial score (nSPS) is 22.1. The molecule has 1 aliphatic heterocycles. The average molecular weight is 337 g/mol. The maximum atomic E-state index is 11.3. The van der Waals surface area contributed by atoms with Crippen LogP contribution in [0.5, 0.6) is 5.75 Å². The maximum Gasteiger partial charge on any atom is 0.323 e. The number of hydrogen-bond acceptors (Lipinski definition) is 4. The van der Waals surface area contributed by atoms with E-state index in [0.717, 1.165) is 10.2 Å². The van der Waals surface area contributed by atoms with Crippen LogP contribution in [-0.2, 0) is 9.53 Å². The van der Waals surface area contributed by atoms with Crippen LogP contribution in [0.15, 0.2) is 28.7 Å². The minimum absolute atomic E-state index is 0. The zero-order valence-corrected chi connectivity index (χ0v) is 12.3. The Labute approximate surface area is 121 Å². The molecule has 2 unspecified atom stereocenters. The van der Waals surface area contributed by atoms with Crippen LogP contribution in [0, 0.1) is 0 Å². The molecule has 0 spiro atoms. The summed E-state index contributed by atoms with van der Waals surface area (Å²) in [7, 11) is 1.39. The molecular weight excluding hydrogens is 321 g/mol. The highest BCUT2D eigenvalue weighted by Gasteiger charge is 2.31. The smallest absolute Gasteiger partial charge is 0.323 e. The fourth-order valence-electron chi connectivity index (χ4n) is 1.83. The first kappa shape index (κ1) is 15.3. The topological polar surface area (TPSA) is 47.6 Å². The van der Waals surface area contributed by atoms with Crippen LogP contribution in [0.3, 0.4) is 0 Å². The van der Waals surface area contributed by atoms with Crippen molar-refractivity contribution in [3.63, 3.8) is 0 Å². The number of nitrogens with one attached hydrogen (secondary N) is 1. The Hall–Kier alpha value is -0.780. The van der Waals surface area contributed by atoms with Crippen LogP contribution in [-0.4, -0.2) is 31.8 Å². The highest BCUT2D eigenvalue weighted by Crippen LogP contribution is 2.26. The number of halogens is 2. The SMILES string of the molecule is COC(=O)C1CC(Oc2ccccc2Br)CN1.Cl. The Balaban J connectivity index is 0.00000162. The van der Waals surface area contributed by atoms with Gasteiger partial charge in [-0.2, -0.15) is 0 Å². The molecule has 1 aromatic rings. The van der Waals surface area contributed by atoms with Crippen molar-refractivity contribution in [1.82, 2.24) is 5.32 Å². The van der Waals surface area contributed by atoms with Gasteiger partial charge >= 0.3 is 5.97 Å². The molecule has 0 saturated carbocycles. The van der Waals surface area contributed by atoms with Crippen molar-refractivity contribution in [3.05, 3.63) is 28.7 Å². The summed E-state index contributed by atoms with van der Waals surface area (Å²) in [5.41, 5.74) is 0. The van der Waals surface area contributed by atoms with Crippen LogP contribution < -0.4 is 10.1 Å². The summed E-state index contributed by atoms with van der Waals surface area (Å²) in [5.74, 6) is 0.563. The predicted molar refractivity (Wildman–Crippen MR) is 74.2 cm³/mol. The van der Waals surface area contributed by atoms with Gasteiger partial charge in [-0.15, -0.1) is 12.4 Å². The van der Waals surface area contributed by atoms with Gasteiger partial charge in [-0.25, -0.2) is 0 Å². The standard InChI is InChI=1S/C12H14BrNO3.ClH/c1-16-12(15)10-6-8(7-14-10)17-11-5-3-2-4-9(11)13;/h2-5,8,10,14H,6-7H2,1H3;1H. The molecule has 0 aromatic heterocycles. The molecule has 1 saturated heterocycles. The summed E-state index contributed by atoms with van der Waals surface area (Å²) in [6.45, 7) is 0.654. The number of benzene rings is 1. The zero-order chi connectivity index (χ0) is 12.3. The molecule has 0 radical (unpaired) electrons. The minimum atomic E-state index is -0.257. The molecule has 18 heavy (non-hydrogen) atoms. The fourth-order valence-corrected chi connectivity index (χ4v) is 2.21. The van der Waals surface area contributed by atoms with Crippen molar-refractivity contribution in [3.8, 4) is 5.75 Å². The highest BCUT2D eigenvalue weighted by atomic mass is 79.9. The minimum Gasteiger partial charge on any atom is -0.488 e. The lowest BCUT2D eigenvalue weighted by Crippen LogP contribution is -2.31. The molecule has 0 amide bonds. The van der Waals surface area contributed by atoms with Gasteiger partial charge < -0.3 is 14.8 Å². The van der Waals surface area contributed by atoms with Gasteiger partial charge in [0.05, 0.1) is 11.6 Å². The predicted octanol–water partition coefficient (Wildman–Crippen LogP) is 2.15. The number of esters is 1. The van der Waals surface area contributed by atoms with Gasteiger partial charge in [-0.3, -0.25) is 4.79 Å². The number of para-hydroxylation sites is 1. The van der Waals surface area contributed by atoms with E-state index in [2.05, 4.69) is 21.2 Å². The molecule has 1 heterocycles. The fraction of sp³-hybridized carbons (Fsp3) is 0.417. The second kappa shape index (κ2) is 6.97. The maximum absolute atomic E-state index is 11.3. The number of carbonyl (C=O) groups is 1. The van der Waals surface area contributed by atoms with Crippen molar-refractivity contribution in [2.45, 2.75) is 18.6 Å². The number of carbonyl (C=O) groups excluding carboxylic acids is 1. The highest BCUT2D eigenvalue weighted by molar-refractivity contribution is 9.10. The monoisotopic (exact) mass is 335 g/mol. The lowest BCUT2D eigenvalue weighted by atomic mass is 10.2. The van der Waals surface area contributed by atoms with Gasteiger partial charge in [0, 0.05) is 13.0 Å². The molecule has 0 bridgehead atoms. The van der Waals surface area contributed by atoms with E-state index in [1.807, 2.05) is 24.3 Å². The average Bonchev–Trinajstić information content (AvgIpc) is 2.80. The van der Waals surface area contributed by atoms with Crippen molar-refractivity contribution in [1.29, 1.82) is 0 Å². The quantitative estimate of drug-likeness (QED) is 0.859. The van der Waals surface area contributed by atoms with Gasteiger partial charge in [0.25, 0.3) is 0 Å². The summed E-state index contributed by atoms with van der Waals surface area (Å²) >= 11 is 3.42. The molecule has 1 N–H and O–H groups in total. The summed E-state index contributed by atoms with van der Waals surface area (Å²) in [4.78, 5) is 11.3. The van der Waals surface area contributed by atoms with Crippen LogP contribution in [0.1, 0.15) is 6.42 Å². The van der Waals surface area contributed by atoms with Crippen molar-refractivity contribution >= 4 is 34.3 Å².